The SMILES string of the molecule is C=CC[C@@H]1C[C@@H](C)C[C@H](O)[C@@]12CCCN(C(=O)OC(C)(C)C)CCCC2=O. The van der Waals surface area contributed by atoms with E-state index in [1.54, 1.807) is 4.90 Å². The average molecular weight is 380 g/mol. The minimum atomic E-state index is -0.690. The molecule has 1 aliphatic heterocycles. The van der Waals surface area contributed by atoms with E-state index in [9.17, 15) is 14.7 Å². The second-order valence-corrected chi connectivity index (χ2v) is 9.45. The number of hydrogen-bond donors (Lipinski definition) is 1. The first kappa shape index (κ1) is 21.9. The van der Waals surface area contributed by atoms with Crippen LogP contribution in [0.4, 0.5) is 4.79 Å². The van der Waals surface area contributed by atoms with Crippen molar-refractivity contribution in [3.05, 3.63) is 12.7 Å². The number of allylic oxidation sites excluding steroid dienone is 1. The molecule has 5 heteroatoms. The van der Waals surface area contributed by atoms with Gasteiger partial charge in [0.05, 0.1) is 11.5 Å². The topological polar surface area (TPSA) is 66.8 Å². The quantitative estimate of drug-likeness (QED) is 0.725. The van der Waals surface area contributed by atoms with Gasteiger partial charge in [-0.1, -0.05) is 13.0 Å². The summed E-state index contributed by atoms with van der Waals surface area (Å²) in [7, 11) is 0. The molecule has 1 amide bonds. The summed E-state index contributed by atoms with van der Waals surface area (Å²) in [6.07, 6.45) is 5.67. The number of aliphatic hydroxyl groups excluding tert-OH is 1. The van der Waals surface area contributed by atoms with Crippen LogP contribution in [0.5, 0.6) is 0 Å². The fraction of sp³-hybridized carbons (Fsp3) is 0.818. The van der Waals surface area contributed by atoms with Crippen LogP contribution in [0.1, 0.15) is 72.6 Å². The predicted molar refractivity (Wildman–Crippen MR) is 106 cm³/mol. The van der Waals surface area contributed by atoms with Gasteiger partial charge < -0.3 is 14.7 Å². The Morgan fingerprint density at radius 3 is 2.63 bits per heavy atom. The van der Waals surface area contributed by atoms with Crippen LogP contribution in [0, 0.1) is 17.3 Å². The highest BCUT2D eigenvalue weighted by molar-refractivity contribution is 5.86. The lowest BCUT2D eigenvalue weighted by Crippen LogP contribution is -2.52. The smallest absolute Gasteiger partial charge is 0.410 e. The highest BCUT2D eigenvalue weighted by Gasteiger charge is 2.52. The maximum Gasteiger partial charge on any atom is 0.410 e. The van der Waals surface area contributed by atoms with Crippen LogP contribution in [-0.2, 0) is 9.53 Å². The first-order valence-electron chi connectivity index (χ1n) is 10.4. The number of aliphatic hydroxyl groups is 1. The first-order valence-corrected chi connectivity index (χ1v) is 10.4. The van der Waals surface area contributed by atoms with E-state index in [0.717, 1.165) is 12.8 Å². The Labute approximate surface area is 164 Å². The summed E-state index contributed by atoms with van der Waals surface area (Å²) >= 11 is 0. The normalized spacial score (nSPS) is 33.1. The average Bonchev–Trinajstić information content (AvgIpc) is 2.61. The maximum absolute atomic E-state index is 13.3. The van der Waals surface area contributed by atoms with Crippen molar-refractivity contribution in [1.29, 1.82) is 0 Å². The van der Waals surface area contributed by atoms with Crippen LogP contribution < -0.4 is 0 Å². The third-order valence-electron chi connectivity index (χ3n) is 6.11. The van der Waals surface area contributed by atoms with Gasteiger partial charge in [0.25, 0.3) is 0 Å². The Morgan fingerprint density at radius 1 is 1.33 bits per heavy atom. The van der Waals surface area contributed by atoms with Gasteiger partial charge in [0.1, 0.15) is 11.4 Å². The zero-order valence-corrected chi connectivity index (χ0v) is 17.5. The highest BCUT2D eigenvalue weighted by atomic mass is 16.6. The van der Waals surface area contributed by atoms with Crippen molar-refractivity contribution in [2.75, 3.05) is 13.1 Å². The van der Waals surface area contributed by atoms with E-state index in [-0.39, 0.29) is 17.8 Å². The van der Waals surface area contributed by atoms with Gasteiger partial charge >= 0.3 is 6.09 Å². The molecule has 1 spiro atoms. The van der Waals surface area contributed by atoms with E-state index in [2.05, 4.69) is 13.5 Å². The zero-order valence-electron chi connectivity index (χ0n) is 17.5. The molecule has 0 bridgehead atoms. The molecule has 1 heterocycles. The molecule has 2 rings (SSSR count). The van der Waals surface area contributed by atoms with Gasteiger partial charge in [-0.25, -0.2) is 4.79 Å². The number of carbonyl (C=O) groups is 2. The fourth-order valence-electron chi connectivity index (χ4n) is 4.93. The number of carbonyl (C=O) groups excluding carboxylic acids is 2. The first-order chi connectivity index (χ1) is 12.6. The predicted octanol–water partition coefficient (Wildman–Crippen LogP) is 4.34. The molecule has 1 saturated carbocycles. The van der Waals surface area contributed by atoms with E-state index in [0.29, 0.717) is 51.1 Å². The van der Waals surface area contributed by atoms with Crippen molar-refractivity contribution >= 4 is 11.9 Å². The Bertz CT molecular complexity index is 553. The molecule has 5 nitrogen and oxygen atoms in total. The molecular formula is C22H37NO4. The summed E-state index contributed by atoms with van der Waals surface area (Å²) in [6, 6.07) is 0. The van der Waals surface area contributed by atoms with Gasteiger partial charge in [-0.05, 0) is 71.1 Å². The minimum Gasteiger partial charge on any atom is -0.444 e. The number of ether oxygens (including phenoxy) is 1. The van der Waals surface area contributed by atoms with Crippen molar-refractivity contribution in [1.82, 2.24) is 4.90 Å². The van der Waals surface area contributed by atoms with Crippen molar-refractivity contribution in [2.45, 2.75) is 84.3 Å². The third kappa shape index (κ3) is 5.13. The lowest BCUT2D eigenvalue weighted by molar-refractivity contribution is -0.149. The molecule has 2 aliphatic rings. The van der Waals surface area contributed by atoms with Crippen molar-refractivity contribution < 1.29 is 19.4 Å². The van der Waals surface area contributed by atoms with E-state index in [1.165, 1.54) is 0 Å². The molecule has 0 aromatic rings. The monoisotopic (exact) mass is 379 g/mol. The molecule has 27 heavy (non-hydrogen) atoms. The van der Waals surface area contributed by atoms with Crippen LogP contribution in [0.15, 0.2) is 12.7 Å². The second-order valence-electron chi connectivity index (χ2n) is 9.45. The molecule has 2 fully saturated rings. The van der Waals surface area contributed by atoms with E-state index < -0.39 is 17.1 Å². The fourth-order valence-corrected chi connectivity index (χ4v) is 4.93. The summed E-state index contributed by atoms with van der Waals surface area (Å²) in [5.41, 5.74) is -1.22. The lowest BCUT2D eigenvalue weighted by Gasteiger charge is -2.48. The van der Waals surface area contributed by atoms with Gasteiger partial charge in [-0.3, -0.25) is 4.79 Å². The Kier molecular flexibility index (Phi) is 7.12. The largest absolute Gasteiger partial charge is 0.444 e. The van der Waals surface area contributed by atoms with Gasteiger partial charge in [0.2, 0.25) is 0 Å². The molecule has 1 aliphatic carbocycles. The Hall–Kier alpha value is -1.36. The number of amides is 1. The number of nitrogens with zero attached hydrogens (tertiary/aromatic N) is 1. The summed E-state index contributed by atoms with van der Waals surface area (Å²) in [4.78, 5) is 27.5. The molecule has 0 aromatic heterocycles. The highest BCUT2D eigenvalue weighted by Crippen LogP contribution is 2.50. The van der Waals surface area contributed by atoms with Crippen molar-refractivity contribution in [2.24, 2.45) is 17.3 Å². The summed E-state index contributed by atoms with van der Waals surface area (Å²) in [6.45, 7) is 12.7. The van der Waals surface area contributed by atoms with Crippen molar-refractivity contribution in [3.8, 4) is 0 Å². The van der Waals surface area contributed by atoms with Gasteiger partial charge in [0.15, 0.2) is 0 Å². The standard InChI is InChI=1S/C22H37NO4/c1-6-9-17-14-16(2)15-19(25)22(17)11-8-13-23(12-7-10-18(22)24)20(26)27-21(3,4)5/h6,16-17,19,25H,1,7-15H2,2-5H3/t16-,17-,19+,22+/m1/s1. The molecule has 1 N–H and O–H groups in total. The molecule has 4 atom stereocenters. The van der Waals surface area contributed by atoms with Crippen LogP contribution in [-0.4, -0.2) is 46.7 Å². The zero-order chi connectivity index (χ0) is 20.2. The number of rotatable bonds is 2. The van der Waals surface area contributed by atoms with E-state index >= 15 is 0 Å². The van der Waals surface area contributed by atoms with Crippen LogP contribution in [0.3, 0.4) is 0 Å². The minimum absolute atomic E-state index is 0.134. The Morgan fingerprint density at radius 2 is 2.00 bits per heavy atom. The third-order valence-corrected chi connectivity index (χ3v) is 6.11. The second kappa shape index (κ2) is 8.76. The Balaban J connectivity index is 2.19. The number of hydrogen-bond acceptors (Lipinski definition) is 4. The summed E-state index contributed by atoms with van der Waals surface area (Å²) in [5, 5.41) is 11.0. The van der Waals surface area contributed by atoms with E-state index in [1.807, 2.05) is 26.8 Å². The molecular weight excluding hydrogens is 342 g/mol. The van der Waals surface area contributed by atoms with Gasteiger partial charge in [-0.15, -0.1) is 6.58 Å². The molecule has 1 saturated heterocycles. The van der Waals surface area contributed by atoms with Crippen LogP contribution >= 0.6 is 0 Å². The number of ketones is 1. The van der Waals surface area contributed by atoms with Gasteiger partial charge in [0, 0.05) is 19.5 Å². The molecule has 0 aromatic carbocycles. The van der Waals surface area contributed by atoms with Crippen molar-refractivity contribution in [3.63, 3.8) is 0 Å². The molecule has 0 radical (unpaired) electrons. The maximum atomic E-state index is 13.3. The van der Waals surface area contributed by atoms with Crippen LogP contribution in [0.25, 0.3) is 0 Å². The number of Topliss-reactive ketones (excluding diaryl/α,β-unsaturated/α-hetero) is 1. The summed E-state index contributed by atoms with van der Waals surface area (Å²) < 4.78 is 5.51. The lowest BCUT2D eigenvalue weighted by atomic mass is 9.56. The summed E-state index contributed by atoms with van der Waals surface area (Å²) in [5.74, 6) is 0.711. The van der Waals surface area contributed by atoms with E-state index in [4.69, 9.17) is 4.74 Å². The van der Waals surface area contributed by atoms with Crippen LogP contribution in [0.2, 0.25) is 0 Å². The van der Waals surface area contributed by atoms with Gasteiger partial charge in [-0.2, -0.15) is 0 Å². The molecule has 154 valence electrons. The molecule has 0 unspecified atom stereocenters.